The second-order valence-electron chi connectivity index (χ2n) is 6.39. The summed E-state index contributed by atoms with van der Waals surface area (Å²) in [6.45, 7) is 1.69. The summed E-state index contributed by atoms with van der Waals surface area (Å²) in [5.41, 5.74) is 0.821. The van der Waals surface area contributed by atoms with Crippen molar-refractivity contribution in [2.75, 3.05) is 11.5 Å². The number of rotatable bonds is 6. The molecular weight excluding hydrogens is 362 g/mol. The Morgan fingerprint density at radius 1 is 1.32 bits per heavy atom. The fraction of sp³-hybridized carbons (Fsp3) is 0.444. The normalized spacial score (nSPS) is 18.8. The fourth-order valence-corrected chi connectivity index (χ4v) is 4.33. The Labute approximate surface area is 153 Å². The van der Waals surface area contributed by atoms with Crippen molar-refractivity contribution in [2.45, 2.75) is 32.2 Å². The van der Waals surface area contributed by atoms with Gasteiger partial charge in [-0.3, -0.25) is 9.59 Å². The molecule has 136 valence electrons. The summed E-state index contributed by atoms with van der Waals surface area (Å²) in [7, 11) is -2.95. The van der Waals surface area contributed by atoms with Gasteiger partial charge in [-0.25, -0.2) is 8.42 Å². The van der Waals surface area contributed by atoms with E-state index >= 15 is 0 Å². The number of carbonyl (C=O) groups excluding carboxylic acids is 2. The van der Waals surface area contributed by atoms with Gasteiger partial charge in [-0.15, -0.1) is 0 Å². The summed E-state index contributed by atoms with van der Waals surface area (Å²) in [6.07, 6.45) is 4.09. The Morgan fingerprint density at radius 3 is 2.64 bits per heavy atom. The van der Waals surface area contributed by atoms with Crippen LogP contribution in [0.15, 0.2) is 30.3 Å². The van der Waals surface area contributed by atoms with Crippen molar-refractivity contribution in [2.24, 2.45) is 5.92 Å². The van der Waals surface area contributed by atoms with Crippen LogP contribution in [-0.2, 0) is 19.4 Å². The highest BCUT2D eigenvalue weighted by Crippen LogP contribution is 2.15. The monoisotopic (exact) mass is 383 g/mol. The first-order valence-corrected chi connectivity index (χ1v) is 10.4. The number of nitrogens with one attached hydrogen (secondary N) is 1. The Bertz CT molecular complexity index is 759. The molecule has 0 aromatic heterocycles. The SMILES string of the molecule is C[C@@H](CC(=O)/C=C/c1cccc(Cl)c1)C(=O)NC1CCS(=O)(=O)CC1. The molecule has 0 bridgehead atoms. The maximum atomic E-state index is 12.2. The van der Waals surface area contributed by atoms with E-state index in [1.54, 1.807) is 31.2 Å². The van der Waals surface area contributed by atoms with E-state index in [-0.39, 0.29) is 35.7 Å². The molecule has 0 unspecified atom stereocenters. The lowest BCUT2D eigenvalue weighted by molar-refractivity contribution is -0.128. The van der Waals surface area contributed by atoms with Crippen LogP contribution >= 0.6 is 11.6 Å². The number of allylic oxidation sites excluding steroid dienone is 1. The Hall–Kier alpha value is -1.66. The Kier molecular flexibility index (Phi) is 6.79. The Balaban J connectivity index is 1.81. The van der Waals surface area contributed by atoms with Crippen LogP contribution in [0.1, 0.15) is 31.7 Å². The van der Waals surface area contributed by atoms with Gasteiger partial charge in [0.15, 0.2) is 5.78 Å². The third kappa shape index (κ3) is 6.63. The minimum atomic E-state index is -2.95. The van der Waals surface area contributed by atoms with Crippen LogP contribution in [0, 0.1) is 5.92 Å². The minimum Gasteiger partial charge on any atom is -0.353 e. The van der Waals surface area contributed by atoms with Crippen molar-refractivity contribution in [1.29, 1.82) is 0 Å². The van der Waals surface area contributed by atoms with Crippen molar-refractivity contribution < 1.29 is 18.0 Å². The zero-order chi connectivity index (χ0) is 18.4. The number of carbonyl (C=O) groups is 2. The predicted octanol–water partition coefficient (Wildman–Crippen LogP) is 2.64. The molecule has 1 atom stereocenters. The van der Waals surface area contributed by atoms with Gasteiger partial charge in [0.2, 0.25) is 5.91 Å². The van der Waals surface area contributed by atoms with Gasteiger partial charge in [-0.05, 0) is 36.6 Å². The van der Waals surface area contributed by atoms with Gasteiger partial charge in [0.05, 0.1) is 11.5 Å². The second kappa shape index (κ2) is 8.63. The van der Waals surface area contributed by atoms with Crippen molar-refractivity contribution in [3.8, 4) is 0 Å². The quantitative estimate of drug-likeness (QED) is 0.766. The van der Waals surface area contributed by atoms with Gasteiger partial charge in [-0.2, -0.15) is 0 Å². The summed E-state index contributed by atoms with van der Waals surface area (Å²) in [6, 6.07) is 7.01. The molecule has 1 heterocycles. The van der Waals surface area contributed by atoms with Crippen molar-refractivity contribution in [3.05, 3.63) is 40.9 Å². The molecule has 1 aromatic carbocycles. The molecule has 1 saturated heterocycles. The Morgan fingerprint density at radius 2 is 2.00 bits per heavy atom. The topological polar surface area (TPSA) is 80.3 Å². The standard InChI is InChI=1S/C18H22ClNO4S/c1-13(18(22)20-16-7-9-25(23,24)10-8-16)11-17(21)6-5-14-3-2-4-15(19)12-14/h2-6,12-13,16H,7-11H2,1H3,(H,20,22)/b6-5+/t13-/m0/s1. The molecule has 1 aromatic rings. The maximum Gasteiger partial charge on any atom is 0.223 e. The molecule has 0 radical (unpaired) electrons. The van der Waals surface area contributed by atoms with E-state index in [2.05, 4.69) is 5.32 Å². The highest BCUT2D eigenvalue weighted by Gasteiger charge is 2.26. The summed E-state index contributed by atoms with van der Waals surface area (Å²) in [5, 5.41) is 3.44. The molecule has 2 rings (SSSR count). The van der Waals surface area contributed by atoms with Crippen LogP contribution in [0.2, 0.25) is 5.02 Å². The number of ketones is 1. The van der Waals surface area contributed by atoms with Crippen molar-refractivity contribution >= 4 is 39.2 Å². The zero-order valence-corrected chi connectivity index (χ0v) is 15.6. The third-order valence-corrected chi connectivity index (χ3v) is 6.12. The summed E-state index contributed by atoms with van der Waals surface area (Å²) in [5.74, 6) is -0.612. The molecule has 25 heavy (non-hydrogen) atoms. The number of hydrogen-bond acceptors (Lipinski definition) is 4. The van der Waals surface area contributed by atoms with E-state index in [0.29, 0.717) is 17.9 Å². The van der Waals surface area contributed by atoms with E-state index < -0.39 is 15.8 Å². The van der Waals surface area contributed by atoms with Gasteiger partial charge in [-0.1, -0.05) is 36.7 Å². The van der Waals surface area contributed by atoms with Gasteiger partial charge >= 0.3 is 0 Å². The third-order valence-electron chi connectivity index (χ3n) is 4.17. The fourth-order valence-electron chi connectivity index (χ4n) is 2.64. The summed E-state index contributed by atoms with van der Waals surface area (Å²) >= 11 is 5.89. The van der Waals surface area contributed by atoms with Gasteiger partial charge in [0.25, 0.3) is 0 Å². The number of halogens is 1. The molecule has 0 saturated carbocycles. The van der Waals surface area contributed by atoms with E-state index in [1.807, 2.05) is 6.07 Å². The lowest BCUT2D eigenvalue weighted by atomic mass is 10.0. The lowest BCUT2D eigenvalue weighted by Crippen LogP contribution is -2.43. The van der Waals surface area contributed by atoms with Crippen LogP contribution in [-0.4, -0.2) is 37.7 Å². The van der Waals surface area contributed by atoms with Crippen molar-refractivity contribution in [3.63, 3.8) is 0 Å². The number of benzene rings is 1. The lowest BCUT2D eigenvalue weighted by Gasteiger charge is -2.24. The van der Waals surface area contributed by atoms with Crippen LogP contribution in [0.5, 0.6) is 0 Å². The van der Waals surface area contributed by atoms with Gasteiger partial charge < -0.3 is 5.32 Å². The number of hydrogen-bond donors (Lipinski definition) is 1. The molecule has 1 fully saturated rings. The van der Waals surface area contributed by atoms with Crippen LogP contribution < -0.4 is 5.32 Å². The molecule has 7 heteroatoms. The van der Waals surface area contributed by atoms with Gasteiger partial charge in [0, 0.05) is 23.4 Å². The van der Waals surface area contributed by atoms with E-state index in [9.17, 15) is 18.0 Å². The van der Waals surface area contributed by atoms with Crippen LogP contribution in [0.3, 0.4) is 0 Å². The van der Waals surface area contributed by atoms with E-state index in [1.165, 1.54) is 6.08 Å². The van der Waals surface area contributed by atoms with Crippen molar-refractivity contribution in [1.82, 2.24) is 5.32 Å². The average Bonchev–Trinajstić information content (AvgIpc) is 2.55. The largest absolute Gasteiger partial charge is 0.353 e. The minimum absolute atomic E-state index is 0.105. The molecule has 0 aliphatic carbocycles. The molecule has 1 aliphatic heterocycles. The highest BCUT2D eigenvalue weighted by atomic mass is 35.5. The average molecular weight is 384 g/mol. The highest BCUT2D eigenvalue weighted by molar-refractivity contribution is 7.91. The first kappa shape index (κ1) is 19.7. The maximum absolute atomic E-state index is 12.2. The second-order valence-corrected chi connectivity index (χ2v) is 9.13. The molecule has 1 amide bonds. The van der Waals surface area contributed by atoms with Crippen LogP contribution in [0.25, 0.3) is 6.08 Å². The predicted molar refractivity (Wildman–Crippen MR) is 99.1 cm³/mol. The molecule has 0 spiro atoms. The van der Waals surface area contributed by atoms with Crippen LogP contribution in [0.4, 0.5) is 0 Å². The first-order valence-electron chi connectivity index (χ1n) is 8.22. The summed E-state index contributed by atoms with van der Waals surface area (Å²) < 4.78 is 22.8. The molecule has 5 nitrogen and oxygen atoms in total. The number of amides is 1. The van der Waals surface area contributed by atoms with Gasteiger partial charge in [0.1, 0.15) is 9.84 Å². The number of sulfone groups is 1. The first-order chi connectivity index (χ1) is 11.7. The summed E-state index contributed by atoms with van der Waals surface area (Å²) in [4.78, 5) is 24.2. The zero-order valence-electron chi connectivity index (χ0n) is 14.1. The molecular formula is C18H22ClNO4S. The van der Waals surface area contributed by atoms with E-state index in [4.69, 9.17) is 11.6 Å². The molecule has 1 N–H and O–H groups in total. The molecule has 1 aliphatic rings. The van der Waals surface area contributed by atoms with E-state index in [0.717, 1.165) is 5.56 Å². The smallest absolute Gasteiger partial charge is 0.223 e.